The smallest absolute Gasteiger partial charge is 0.176 e. The maximum atomic E-state index is 8.54. The zero-order valence-electron chi connectivity index (χ0n) is 8.83. The van der Waals surface area contributed by atoms with E-state index in [9.17, 15) is 0 Å². The Balaban J connectivity index is 3.36. The maximum absolute atomic E-state index is 8.54. The molecule has 1 aromatic rings. The van der Waals surface area contributed by atoms with Crippen LogP contribution in [-0.2, 0) is 0 Å². The summed E-state index contributed by atoms with van der Waals surface area (Å²) < 4.78 is 12.1. The molecule has 1 aromatic carbocycles. The third-order valence-corrected chi connectivity index (χ3v) is 4.00. The number of hydrogen-bond acceptors (Lipinski definition) is 4. The Labute approximate surface area is 110 Å². The first-order chi connectivity index (χ1) is 7.65. The van der Waals surface area contributed by atoms with Gasteiger partial charge in [0.05, 0.1) is 24.4 Å². The number of rotatable bonds is 4. The fourth-order valence-corrected chi connectivity index (χ4v) is 2.20. The minimum Gasteiger partial charge on any atom is -0.492 e. The molecule has 0 unspecified atom stereocenters. The van der Waals surface area contributed by atoms with Crippen molar-refractivity contribution in [3.63, 3.8) is 0 Å². The van der Waals surface area contributed by atoms with Crippen LogP contribution < -0.4 is 9.47 Å². The number of hydrogen-bond donors (Lipinski definition) is 1. The highest BCUT2D eigenvalue weighted by molar-refractivity contribution is 9.13. The van der Waals surface area contributed by atoms with Crippen molar-refractivity contribution in [2.24, 2.45) is 5.16 Å². The van der Waals surface area contributed by atoms with Gasteiger partial charge in [-0.25, -0.2) is 0 Å². The fourth-order valence-electron chi connectivity index (χ4n) is 1.21. The third kappa shape index (κ3) is 2.68. The van der Waals surface area contributed by atoms with Gasteiger partial charge in [0.2, 0.25) is 0 Å². The van der Waals surface area contributed by atoms with Crippen molar-refractivity contribution >= 4 is 38.1 Å². The molecule has 0 aliphatic carbocycles. The normalized spacial score (nSPS) is 10.8. The largest absolute Gasteiger partial charge is 0.492 e. The highest BCUT2D eigenvalue weighted by atomic mass is 79.9. The van der Waals surface area contributed by atoms with E-state index in [-0.39, 0.29) is 0 Å². The van der Waals surface area contributed by atoms with Crippen LogP contribution in [0.5, 0.6) is 11.5 Å². The van der Waals surface area contributed by atoms with E-state index in [1.807, 2.05) is 6.92 Å². The monoisotopic (exact) mass is 351 g/mol. The predicted molar refractivity (Wildman–Crippen MR) is 68.9 cm³/mol. The lowest BCUT2D eigenvalue weighted by Gasteiger charge is -2.13. The van der Waals surface area contributed by atoms with Gasteiger partial charge in [-0.15, -0.1) is 0 Å². The molecule has 0 amide bonds. The van der Waals surface area contributed by atoms with Crippen molar-refractivity contribution in [1.29, 1.82) is 0 Å². The van der Waals surface area contributed by atoms with Gasteiger partial charge in [-0.3, -0.25) is 0 Å². The number of halogens is 2. The average Bonchev–Trinajstić information content (AvgIpc) is 2.27. The molecule has 0 bridgehead atoms. The summed E-state index contributed by atoms with van der Waals surface area (Å²) in [6.45, 7) is 2.41. The quantitative estimate of drug-likeness (QED) is 0.513. The molecule has 0 fully saturated rings. The Bertz CT molecular complexity index is 408. The molecular formula is C10H11Br2NO3. The van der Waals surface area contributed by atoms with Gasteiger partial charge in [0, 0.05) is 10.0 Å². The lowest BCUT2D eigenvalue weighted by molar-refractivity contribution is 0.309. The molecule has 6 heteroatoms. The average molecular weight is 353 g/mol. The van der Waals surface area contributed by atoms with Crippen LogP contribution in [0.1, 0.15) is 12.5 Å². The van der Waals surface area contributed by atoms with Crippen LogP contribution in [0.4, 0.5) is 0 Å². The Morgan fingerprint density at radius 3 is 2.62 bits per heavy atom. The fraction of sp³-hybridized carbons (Fsp3) is 0.300. The summed E-state index contributed by atoms with van der Waals surface area (Å²) in [5.41, 5.74) is 0.693. The zero-order valence-corrected chi connectivity index (χ0v) is 12.0. The Kier molecular flexibility index (Phi) is 5.08. The van der Waals surface area contributed by atoms with Crippen LogP contribution in [0.25, 0.3) is 0 Å². The van der Waals surface area contributed by atoms with Gasteiger partial charge in [0.25, 0.3) is 0 Å². The first-order valence-electron chi connectivity index (χ1n) is 4.51. The van der Waals surface area contributed by atoms with Crippen molar-refractivity contribution in [2.75, 3.05) is 13.7 Å². The van der Waals surface area contributed by atoms with Gasteiger partial charge in [0.15, 0.2) is 11.5 Å². The number of methoxy groups -OCH3 is 1. The summed E-state index contributed by atoms with van der Waals surface area (Å²) in [6, 6.07) is 1.73. The van der Waals surface area contributed by atoms with E-state index >= 15 is 0 Å². The molecule has 0 aliphatic rings. The second-order valence-electron chi connectivity index (χ2n) is 2.80. The van der Waals surface area contributed by atoms with Crippen LogP contribution in [0.3, 0.4) is 0 Å². The van der Waals surface area contributed by atoms with Gasteiger partial charge in [-0.05, 0) is 44.8 Å². The Morgan fingerprint density at radius 2 is 2.12 bits per heavy atom. The van der Waals surface area contributed by atoms with Gasteiger partial charge in [-0.1, -0.05) is 5.16 Å². The van der Waals surface area contributed by atoms with Crippen LogP contribution in [0.2, 0.25) is 0 Å². The van der Waals surface area contributed by atoms with E-state index in [0.29, 0.717) is 23.7 Å². The van der Waals surface area contributed by atoms with E-state index in [2.05, 4.69) is 37.0 Å². The topological polar surface area (TPSA) is 51.0 Å². The lowest BCUT2D eigenvalue weighted by Crippen LogP contribution is -1.98. The number of oxime groups is 1. The Morgan fingerprint density at radius 1 is 1.44 bits per heavy atom. The summed E-state index contributed by atoms with van der Waals surface area (Å²) in [6.07, 6.45) is 1.32. The van der Waals surface area contributed by atoms with Crippen LogP contribution in [0.15, 0.2) is 20.2 Å². The second kappa shape index (κ2) is 6.10. The molecular weight excluding hydrogens is 342 g/mol. The maximum Gasteiger partial charge on any atom is 0.176 e. The molecule has 0 radical (unpaired) electrons. The van der Waals surface area contributed by atoms with E-state index in [1.165, 1.54) is 6.21 Å². The second-order valence-corrected chi connectivity index (χ2v) is 4.39. The highest BCUT2D eigenvalue weighted by Crippen LogP contribution is 2.42. The van der Waals surface area contributed by atoms with Gasteiger partial charge in [-0.2, -0.15) is 0 Å². The van der Waals surface area contributed by atoms with Gasteiger partial charge < -0.3 is 14.7 Å². The number of nitrogens with zero attached hydrogens (tertiary/aromatic N) is 1. The standard InChI is InChI=1S/C10H11Br2NO3/c1-3-16-7-4-6(5-13-14)8(11)9(12)10(7)15-2/h4-5,14H,3H2,1-2H3. The molecule has 1 N–H and O–H groups in total. The van der Waals surface area contributed by atoms with Crippen LogP contribution >= 0.6 is 31.9 Å². The van der Waals surface area contributed by atoms with E-state index < -0.39 is 0 Å². The van der Waals surface area contributed by atoms with Crippen molar-refractivity contribution in [3.05, 3.63) is 20.6 Å². The highest BCUT2D eigenvalue weighted by Gasteiger charge is 2.15. The summed E-state index contributed by atoms with van der Waals surface area (Å²) >= 11 is 6.76. The van der Waals surface area contributed by atoms with Gasteiger partial charge >= 0.3 is 0 Å². The molecule has 0 spiro atoms. The summed E-state index contributed by atoms with van der Waals surface area (Å²) in [4.78, 5) is 0. The van der Waals surface area contributed by atoms with Gasteiger partial charge in [0.1, 0.15) is 0 Å². The molecule has 4 nitrogen and oxygen atoms in total. The SMILES string of the molecule is CCOc1cc(C=NO)c(Br)c(Br)c1OC. The first-order valence-corrected chi connectivity index (χ1v) is 6.10. The molecule has 0 aromatic heterocycles. The van der Waals surface area contributed by atoms with E-state index in [1.54, 1.807) is 13.2 Å². The molecule has 88 valence electrons. The van der Waals surface area contributed by atoms with Crippen molar-refractivity contribution in [3.8, 4) is 11.5 Å². The molecule has 0 saturated heterocycles. The van der Waals surface area contributed by atoms with Crippen LogP contribution in [-0.4, -0.2) is 25.1 Å². The summed E-state index contributed by atoms with van der Waals surface area (Å²) in [7, 11) is 1.56. The number of ether oxygens (including phenoxy) is 2. The minimum absolute atomic E-state index is 0.528. The van der Waals surface area contributed by atoms with Crippen molar-refractivity contribution < 1.29 is 14.7 Å². The lowest BCUT2D eigenvalue weighted by atomic mass is 10.2. The molecule has 0 atom stereocenters. The molecule has 1 rings (SSSR count). The molecule has 0 heterocycles. The minimum atomic E-state index is 0.528. The van der Waals surface area contributed by atoms with E-state index in [4.69, 9.17) is 14.7 Å². The predicted octanol–water partition coefficient (Wildman–Crippen LogP) is 3.43. The van der Waals surface area contributed by atoms with Crippen LogP contribution in [0, 0.1) is 0 Å². The zero-order chi connectivity index (χ0) is 12.1. The molecule has 0 saturated carbocycles. The summed E-state index contributed by atoms with van der Waals surface area (Å²) in [5.74, 6) is 1.19. The number of benzene rings is 1. The summed E-state index contributed by atoms with van der Waals surface area (Å²) in [5, 5.41) is 11.5. The third-order valence-electron chi connectivity index (χ3n) is 1.86. The Hall–Kier alpha value is -0.750. The van der Waals surface area contributed by atoms with Crippen molar-refractivity contribution in [1.82, 2.24) is 0 Å². The van der Waals surface area contributed by atoms with Crippen molar-refractivity contribution in [2.45, 2.75) is 6.92 Å². The van der Waals surface area contributed by atoms with E-state index in [0.717, 1.165) is 8.95 Å². The molecule has 0 aliphatic heterocycles. The molecule has 16 heavy (non-hydrogen) atoms. The first kappa shape index (κ1) is 13.3.